The van der Waals surface area contributed by atoms with Crippen LogP contribution in [0.3, 0.4) is 0 Å². The Hall–Kier alpha value is -2.83. The molecule has 0 saturated heterocycles. The molecule has 1 amide bonds. The molecule has 0 radical (unpaired) electrons. The fourth-order valence-electron chi connectivity index (χ4n) is 2.14. The van der Waals surface area contributed by atoms with E-state index in [4.69, 9.17) is 23.2 Å². The van der Waals surface area contributed by atoms with Gasteiger partial charge in [-0.1, -0.05) is 29.3 Å². The van der Waals surface area contributed by atoms with Crippen LogP contribution < -0.4 is 0 Å². The summed E-state index contributed by atoms with van der Waals surface area (Å²) in [6, 6.07) is 9.61. The number of hydrogen-bond acceptors (Lipinski definition) is 5. The van der Waals surface area contributed by atoms with Gasteiger partial charge < -0.3 is 5.11 Å². The van der Waals surface area contributed by atoms with E-state index in [1.54, 1.807) is 30.3 Å². The summed E-state index contributed by atoms with van der Waals surface area (Å²) in [5, 5.41) is 18.0. The first-order valence-electron chi connectivity index (χ1n) is 7.06. The predicted molar refractivity (Wildman–Crippen MR) is 95.3 cm³/mol. The monoisotopic (exact) mass is 372 g/mol. The molecule has 1 aromatic carbocycles. The van der Waals surface area contributed by atoms with E-state index in [2.05, 4.69) is 20.2 Å². The maximum atomic E-state index is 12.5. The Labute approximate surface area is 152 Å². The lowest BCUT2D eigenvalue weighted by Gasteiger charge is -2.09. The molecule has 3 aromatic rings. The molecule has 0 bridgehead atoms. The molecule has 2 heterocycles. The summed E-state index contributed by atoms with van der Waals surface area (Å²) >= 11 is 12.4. The molecule has 8 heteroatoms. The molecule has 0 unspecified atom stereocenters. The second-order valence-electron chi connectivity index (χ2n) is 4.86. The third-order valence-electron chi connectivity index (χ3n) is 3.28. The third-order valence-corrected chi connectivity index (χ3v) is 3.91. The molecule has 0 atom stereocenters. The molecule has 1 N–H and O–H groups in total. The van der Waals surface area contributed by atoms with Crippen molar-refractivity contribution < 1.29 is 9.90 Å². The molecule has 0 fully saturated rings. The van der Waals surface area contributed by atoms with Gasteiger partial charge in [0, 0.05) is 27.4 Å². The van der Waals surface area contributed by atoms with E-state index in [1.165, 1.54) is 18.5 Å². The zero-order chi connectivity index (χ0) is 17.8. The lowest BCUT2D eigenvalue weighted by atomic mass is 10.0. The minimum Gasteiger partial charge on any atom is -0.506 e. The SMILES string of the molecule is O=C(/N=C\c1ncccc1O)c1nnccc1-c1c(Cl)cccc1Cl. The van der Waals surface area contributed by atoms with Crippen LogP contribution in [0.5, 0.6) is 5.75 Å². The van der Waals surface area contributed by atoms with Gasteiger partial charge in [-0.15, -0.1) is 5.10 Å². The Morgan fingerprint density at radius 2 is 1.84 bits per heavy atom. The number of amides is 1. The summed E-state index contributed by atoms with van der Waals surface area (Å²) in [5.41, 5.74) is 1.04. The average molecular weight is 373 g/mol. The molecule has 124 valence electrons. The van der Waals surface area contributed by atoms with E-state index < -0.39 is 5.91 Å². The van der Waals surface area contributed by atoms with Gasteiger partial charge in [-0.25, -0.2) is 4.99 Å². The number of halogens is 2. The van der Waals surface area contributed by atoms with Crippen LogP contribution in [0, 0.1) is 0 Å². The van der Waals surface area contributed by atoms with Crippen molar-refractivity contribution >= 4 is 35.3 Å². The number of aromatic hydroxyl groups is 1. The van der Waals surface area contributed by atoms with Gasteiger partial charge in [0.2, 0.25) is 0 Å². The minimum atomic E-state index is -0.663. The van der Waals surface area contributed by atoms with Crippen molar-refractivity contribution in [1.82, 2.24) is 15.2 Å². The molecule has 25 heavy (non-hydrogen) atoms. The molecule has 0 saturated carbocycles. The average Bonchev–Trinajstić information content (AvgIpc) is 2.61. The van der Waals surface area contributed by atoms with Crippen LogP contribution in [0.4, 0.5) is 0 Å². The van der Waals surface area contributed by atoms with Crippen LogP contribution in [-0.4, -0.2) is 32.4 Å². The minimum absolute atomic E-state index is 0.0100. The topological polar surface area (TPSA) is 88.3 Å². The lowest BCUT2D eigenvalue weighted by molar-refractivity contribution is 0.0998. The Morgan fingerprint density at radius 1 is 1.08 bits per heavy atom. The number of aliphatic imine (C=N–C) groups is 1. The van der Waals surface area contributed by atoms with Gasteiger partial charge in [0.1, 0.15) is 11.4 Å². The van der Waals surface area contributed by atoms with Crippen molar-refractivity contribution in [1.29, 1.82) is 0 Å². The number of hydrogen-bond donors (Lipinski definition) is 1. The van der Waals surface area contributed by atoms with E-state index in [0.29, 0.717) is 21.2 Å². The van der Waals surface area contributed by atoms with Gasteiger partial charge in [-0.05, 0) is 30.3 Å². The molecular formula is C17H10Cl2N4O2. The number of nitrogens with zero attached hydrogens (tertiary/aromatic N) is 4. The summed E-state index contributed by atoms with van der Waals surface area (Å²) in [5.74, 6) is -0.753. The number of rotatable bonds is 3. The quantitative estimate of drug-likeness (QED) is 0.706. The van der Waals surface area contributed by atoms with Crippen molar-refractivity contribution in [3.05, 3.63) is 70.2 Å². The van der Waals surface area contributed by atoms with Crippen LogP contribution in [0.25, 0.3) is 11.1 Å². The van der Waals surface area contributed by atoms with Crippen molar-refractivity contribution in [2.75, 3.05) is 0 Å². The largest absolute Gasteiger partial charge is 0.506 e. The molecule has 0 aliphatic carbocycles. The fraction of sp³-hybridized carbons (Fsp3) is 0. The Kier molecular flexibility index (Phi) is 5.02. The highest BCUT2D eigenvalue weighted by Crippen LogP contribution is 2.35. The first-order valence-corrected chi connectivity index (χ1v) is 7.82. The molecular weight excluding hydrogens is 363 g/mol. The number of aromatic nitrogens is 3. The van der Waals surface area contributed by atoms with Crippen molar-refractivity contribution in [2.24, 2.45) is 4.99 Å². The second-order valence-corrected chi connectivity index (χ2v) is 5.68. The predicted octanol–water partition coefficient (Wildman–Crippen LogP) is 3.81. The van der Waals surface area contributed by atoms with Crippen molar-refractivity contribution in [3.8, 4) is 16.9 Å². The standard InChI is InChI=1S/C17H10Cl2N4O2/c18-11-3-1-4-12(19)15(11)10-6-8-22-23-16(10)17(25)21-9-13-14(24)5-2-7-20-13/h1-9,24H/b21-9-. The zero-order valence-corrected chi connectivity index (χ0v) is 14.1. The van der Waals surface area contributed by atoms with Gasteiger partial charge >= 0.3 is 0 Å². The Balaban J connectivity index is 2.02. The number of pyridine rings is 1. The molecule has 0 spiro atoms. The molecule has 6 nitrogen and oxygen atoms in total. The van der Waals surface area contributed by atoms with Gasteiger partial charge in [0.25, 0.3) is 5.91 Å². The van der Waals surface area contributed by atoms with Gasteiger partial charge in [-0.3, -0.25) is 9.78 Å². The summed E-state index contributed by atoms with van der Waals surface area (Å²) < 4.78 is 0. The fourth-order valence-corrected chi connectivity index (χ4v) is 2.74. The van der Waals surface area contributed by atoms with Crippen LogP contribution in [0.15, 0.2) is 53.8 Å². The summed E-state index contributed by atoms with van der Waals surface area (Å²) in [6.07, 6.45) is 4.06. The highest BCUT2D eigenvalue weighted by atomic mass is 35.5. The lowest BCUT2D eigenvalue weighted by Crippen LogP contribution is -2.05. The van der Waals surface area contributed by atoms with Crippen molar-refractivity contribution in [3.63, 3.8) is 0 Å². The number of benzene rings is 1. The highest BCUT2D eigenvalue weighted by molar-refractivity contribution is 6.39. The zero-order valence-electron chi connectivity index (χ0n) is 12.6. The van der Waals surface area contributed by atoms with E-state index in [0.717, 1.165) is 6.21 Å². The number of carbonyl (C=O) groups is 1. The first-order chi connectivity index (χ1) is 12.1. The molecule has 2 aromatic heterocycles. The first kappa shape index (κ1) is 17.0. The number of carbonyl (C=O) groups excluding carboxylic acids is 1. The Bertz CT molecular complexity index is 956. The van der Waals surface area contributed by atoms with Crippen LogP contribution >= 0.6 is 23.2 Å². The molecule has 0 aliphatic heterocycles. The molecule has 3 rings (SSSR count). The maximum absolute atomic E-state index is 12.5. The summed E-state index contributed by atoms with van der Waals surface area (Å²) in [6.45, 7) is 0. The van der Waals surface area contributed by atoms with Crippen LogP contribution in [0.2, 0.25) is 10.0 Å². The van der Waals surface area contributed by atoms with E-state index >= 15 is 0 Å². The third kappa shape index (κ3) is 3.65. The maximum Gasteiger partial charge on any atom is 0.298 e. The molecule has 0 aliphatic rings. The van der Waals surface area contributed by atoms with Gasteiger partial charge in [0.05, 0.1) is 12.4 Å². The Morgan fingerprint density at radius 3 is 2.56 bits per heavy atom. The van der Waals surface area contributed by atoms with Crippen LogP contribution in [-0.2, 0) is 0 Å². The summed E-state index contributed by atoms with van der Waals surface area (Å²) in [7, 11) is 0. The van der Waals surface area contributed by atoms with E-state index in [1.807, 2.05) is 0 Å². The normalized spacial score (nSPS) is 11.0. The smallest absolute Gasteiger partial charge is 0.298 e. The summed E-state index contributed by atoms with van der Waals surface area (Å²) in [4.78, 5) is 20.2. The van der Waals surface area contributed by atoms with Crippen molar-refractivity contribution in [2.45, 2.75) is 0 Å². The van der Waals surface area contributed by atoms with Gasteiger partial charge in [0.15, 0.2) is 5.69 Å². The van der Waals surface area contributed by atoms with Crippen LogP contribution in [0.1, 0.15) is 16.2 Å². The van der Waals surface area contributed by atoms with Gasteiger partial charge in [-0.2, -0.15) is 5.10 Å². The van der Waals surface area contributed by atoms with E-state index in [-0.39, 0.29) is 17.1 Å². The van der Waals surface area contributed by atoms with E-state index in [9.17, 15) is 9.90 Å². The highest BCUT2D eigenvalue weighted by Gasteiger charge is 2.18. The second kappa shape index (κ2) is 7.38.